The average Bonchev–Trinajstić information content (AvgIpc) is 2.69. The van der Waals surface area contributed by atoms with Crippen LogP contribution >= 0.6 is 0 Å². The van der Waals surface area contributed by atoms with Crippen molar-refractivity contribution in [3.05, 3.63) is 65.5 Å². The molecular weight excluding hydrogens is 333 g/mol. The summed E-state index contributed by atoms with van der Waals surface area (Å²) in [5.74, 6) is 0.246. The Kier molecular flexibility index (Phi) is 5.66. The molecule has 26 heavy (non-hydrogen) atoms. The summed E-state index contributed by atoms with van der Waals surface area (Å²) in [7, 11) is 1.59. The Morgan fingerprint density at radius 1 is 1.12 bits per heavy atom. The second-order valence-corrected chi connectivity index (χ2v) is 6.57. The van der Waals surface area contributed by atoms with Crippen LogP contribution < -0.4 is 4.74 Å². The van der Waals surface area contributed by atoms with Crippen molar-refractivity contribution in [3.8, 4) is 5.75 Å². The first-order chi connectivity index (χ1) is 12.6. The van der Waals surface area contributed by atoms with Crippen molar-refractivity contribution in [2.24, 2.45) is 5.92 Å². The number of likely N-dealkylation sites (tertiary alicyclic amines) is 1. The van der Waals surface area contributed by atoms with Crippen LogP contribution in [0.4, 0.5) is 4.39 Å². The van der Waals surface area contributed by atoms with E-state index in [-0.39, 0.29) is 29.8 Å². The Morgan fingerprint density at radius 2 is 1.81 bits per heavy atom. The summed E-state index contributed by atoms with van der Waals surface area (Å²) >= 11 is 0. The molecule has 0 aromatic heterocycles. The van der Waals surface area contributed by atoms with Crippen LogP contribution in [0.2, 0.25) is 0 Å². The Hall–Kier alpha value is -2.69. The summed E-state index contributed by atoms with van der Waals surface area (Å²) in [6.07, 6.45) is 1.82. The molecular formula is C21H22FNO3. The number of hydrogen-bond donors (Lipinski definition) is 0. The molecule has 0 radical (unpaired) electrons. The van der Waals surface area contributed by atoms with Crippen LogP contribution in [0, 0.1) is 11.7 Å². The number of nitrogens with zero attached hydrogens (tertiary/aromatic N) is 1. The number of benzene rings is 2. The maximum atomic E-state index is 13.0. The van der Waals surface area contributed by atoms with Crippen LogP contribution in [-0.2, 0) is 11.2 Å². The lowest BCUT2D eigenvalue weighted by molar-refractivity contribution is -0.131. The Morgan fingerprint density at radius 3 is 2.46 bits per heavy atom. The number of carbonyl (C=O) groups excluding carboxylic acids is 2. The van der Waals surface area contributed by atoms with Gasteiger partial charge in [0.1, 0.15) is 11.6 Å². The van der Waals surface area contributed by atoms with Crippen molar-refractivity contribution in [1.82, 2.24) is 4.90 Å². The highest BCUT2D eigenvalue weighted by atomic mass is 19.1. The predicted octanol–water partition coefficient (Wildman–Crippen LogP) is 3.50. The van der Waals surface area contributed by atoms with Gasteiger partial charge in [-0.15, -0.1) is 0 Å². The Labute approximate surface area is 152 Å². The first-order valence-corrected chi connectivity index (χ1v) is 8.77. The number of halogens is 1. The summed E-state index contributed by atoms with van der Waals surface area (Å²) in [4.78, 5) is 27.0. The molecule has 1 unspecified atom stereocenters. The fourth-order valence-electron chi connectivity index (χ4n) is 3.30. The quantitative estimate of drug-likeness (QED) is 0.771. The van der Waals surface area contributed by atoms with E-state index in [1.807, 2.05) is 0 Å². The van der Waals surface area contributed by atoms with Gasteiger partial charge in [-0.25, -0.2) is 4.39 Å². The van der Waals surface area contributed by atoms with E-state index in [0.717, 1.165) is 18.4 Å². The van der Waals surface area contributed by atoms with Crippen molar-refractivity contribution in [3.63, 3.8) is 0 Å². The normalized spacial score (nSPS) is 17.0. The van der Waals surface area contributed by atoms with Crippen molar-refractivity contribution in [2.45, 2.75) is 19.3 Å². The number of rotatable bonds is 5. The summed E-state index contributed by atoms with van der Waals surface area (Å²) in [5, 5.41) is 0. The van der Waals surface area contributed by atoms with Gasteiger partial charge >= 0.3 is 0 Å². The lowest BCUT2D eigenvalue weighted by Crippen LogP contribution is -2.43. The molecule has 0 bridgehead atoms. The molecule has 3 rings (SSSR count). The van der Waals surface area contributed by atoms with Gasteiger partial charge < -0.3 is 9.64 Å². The van der Waals surface area contributed by atoms with Crippen molar-refractivity contribution < 1.29 is 18.7 Å². The fourth-order valence-corrected chi connectivity index (χ4v) is 3.30. The average molecular weight is 355 g/mol. The van der Waals surface area contributed by atoms with E-state index in [1.165, 1.54) is 12.1 Å². The summed E-state index contributed by atoms with van der Waals surface area (Å²) in [6, 6.07) is 13.0. The van der Waals surface area contributed by atoms with Crippen molar-refractivity contribution >= 4 is 11.7 Å². The standard InChI is InChI=1S/C21H22FNO3/c1-26-19-10-6-16(7-11-19)21(25)17-3-2-12-23(14-17)20(24)13-15-4-8-18(22)9-5-15/h4-11,17H,2-3,12-14H2,1H3. The molecule has 0 spiro atoms. The van der Waals surface area contributed by atoms with Crippen LogP contribution in [0.25, 0.3) is 0 Å². The predicted molar refractivity (Wildman–Crippen MR) is 96.7 cm³/mol. The van der Waals surface area contributed by atoms with Gasteiger partial charge in [0, 0.05) is 24.6 Å². The van der Waals surface area contributed by atoms with Crippen molar-refractivity contribution in [1.29, 1.82) is 0 Å². The second kappa shape index (κ2) is 8.13. The summed E-state index contributed by atoms with van der Waals surface area (Å²) < 4.78 is 18.1. The minimum Gasteiger partial charge on any atom is -0.497 e. The third-order valence-electron chi connectivity index (χ3n) is 4.79. The topological polar surface area (TPSA) is 46.6 Å². The van der Waals surface area contributed by atoms with Crippen molar-refractivity contribution in [2.75, 3.05) is 20.2 Å². The van der Waals surface area contributed by atoms with Gasteiger partial charge in [-0.3, -0.25) is 9.59 Å². The van der Waals surface area contributed by atoms with E-state index >= 15 is 0 Å². The van der Waals surface area contributed by atoms with Gasteiger partial charge in [0.25, 0.3) is 0 Å². The monoisotopic (exact) mass is 355 g/mol. The number of amides is 1. The van der Waals surface area contributed by atoms with Gasteiger partial charge in [0.2, 0.25) is 5.91 Å². The SMILES string of the molecule is COc1ccc(C(=O)C2CCCN(C(=O)Cc3ccc(F)cc3)C2)cc1. The van der Waals surface area contributed by atoms with Gasteiger partial charge in [-0.2, -0.15) is 0 Å². The van der Waals surface area contributed by atoms with E-state index in [2.05, 4.69) is 0 Å². The highest BCUT2D eigenvalue weighted by molar-refractivity contribution is 5.98. The number of piperidine rings is 1. The molecule has 5 heteroatoms. The van der Waals surface area contributed by atoms with E-state index in [0.29, 0.717) is 24.4 Å². The molecule has 0 saturated carbocycles. The van der Waals surface area contributed by atoms with Crippen LogP contribution in [0.15, 0.2) is 48.5 Å². The highest BCUT2D eigenvalue weighted by Gasteiger charge is 2.29. The van der Waals surface area contributed by atoms with E-state index < -0.39 is 0 Å². The molecule has 1 atom stereocenters. The molecule has 2 aromatic carbocycles. The number of ketones is 1. The molecule has 136 valence electrons. The van der Waals surface area contributed by atoms with E-state index in [4.69, 9.17) is 4.74 Å². The molecule has 1 aliphatic rings. The smallest absolute Gasteiger partial charge is 0.227 e. The maximum Gasteiger partial charge on any atom is 0.227 e. The second-order valence-electron chi connectivity index (χ2n) is 6.57. The van der Waals surface area contributed by atoms with Crippen LogP contribution in [-0.4, -0.2) is 36.8 Å². The van der Waals surface area contributed by atoms with Gasteiger partial charge in [-0.1, -0.05) is 12.1 Å². The molecule has 0 N–H and O–H groups in total. The van der Waals surface area contributed by atoms with Crippen LogP contribution in [0.3, 0.4) is 0 Å². The largest absolute Gasteiger partial charge is 0.497 e. The first-order valence-electron chi connectivity index (χ1n) is 8.77. The third-order valence-corrected chi connectivity index (χ3v) is 4.79. The maximum absolute atomic E-state index is 13.0. The number of methoxy groups -OCH3 is 1. The molecule has 1 amide bonds. The minimum absolute atomic E-state index is 0.0242. The Bertz CT molecular complexity index is 771. The van der Waals surface area contributed by atoms with Gasteiger partial charge in [-0.05, 0) is 54.8 Å². The van der Waals surface area contributed by atoms with Crippen LogP contribution in [0.5, 0.6) is 5.75 Å². The molecule has 1 saturated heterocycles. The van der Waals surface area contributed by atoms with Crippen LogP contribution in [0.1, 0.15) is 28.8 Å². The highest BCUT2D eigenvalue weighted by Crippen LogP contribution is 2.23. The summed E-state index contributed by atoms with van der Waals surface area (Å²) in [6.45, 7) is 1.09. The summed E-state index contributed by atoms with van der Waals surface area (Å²) in [5.41, 5.74) is 1.42. The molecule has 4 nitrogen and oxygen atoms in total. The molecule has 0 aliphatic carbocycles. The fraction of sp³-hybridized carbons (Fsp3) is 0.333. The number of carbonyl (C=O) groups is 2. The number of hydrogen-bond acceptors (Lipinski definition) is 3. The first kappa shape index (κ1) is 18.1. The van der Waals surface area contributed by atoms with Gasteiger partial charge in [0.05, 0.1) is 13.5 Å². The molecule has 1 fully saturated rings. The number of ether oxygens (including phenoxy) is 1. The third kappa shape index (κ3) is 4.28. The molecule has 2 aromatic rings. The van der Waals surface area contributed by atoms with E-state index in [1.54, 1.807) is 48.4 Å². The lowest BCUT2D eigenvalue weighted by Gasteiger charge is -2.32. The Balaban J connectivity index is 1.63. The zero-order valence-corrected chi connectivity index (χ0v) is 14.8. The number of Topliss-reactive ketones (excluding diaryl/α,β-unsaturated/α-hetero) is 1. The lowest BCUT2D eigenvalue weighted by atomic mass is 9.89. The zero-order valence-electron chi connectivity index (χ0n) is 14.8. The van der Waals surface area contributed by atoms with E-state index in [9.17, 15) is 14.0 Å². The zero-order chi connectivity index (χ0) is 18.5. The minimum atomic E-state index is -0.315. The molecule has 1 aliphatic heterocycles. The van der Waals surface area contributed by atoms with Gasteiger partial charge in [0.15, 0.2) is 5.78 Å². The molecule has 1 heterocycles.